The molecule has 15 heavy (non-hydrogen) atoms. The van der Waals surface area contributed by atoms with E-state index in [9.17, 15) is 4.79 Å². The summed E-state index contributed by atoms with van der Waals surface area (Å²) >= 11 is 0. The minimum Gasteiger partial charge on any atom is -0.480 e. The van der Waals surface area contributed by atoms with Gasteiger partial charge in [0.25, 0.3) is 0 Å². The minimum atomic E-state index is -1.18. The van der Waals surface area contributed by atoms with Crippen LogP contribution in [0.1, 0.15) is 31.7 Å². The molecule has 0 amide bonds. The topological polar surface area (TPSA) is 63.3 Å². The molecule has 0 saturated heterocycles. The zero-order valence-electron chi connectivity index (χ0n) is 9.10. The third kappa shape index (κ3) is 2.18. The van der Waals surface area contributed by atoms with Crippen molar-refractivity contribution in [3.05, 3.63) is 35.9 Å². The minimum absolute atomic E-state index is 0.193. The number of carboxylic acid groups (broad SMARTS) is 1. The van der Waals surface area contributed by atoms with E-state index in [1.165, 1.54) is 0 Å². The zero-order chi connectivity index (χ0) is 11.5. The zero-order valence-corrected chi connectivity index (χ0v) is 9.10. The Bertz CT molecular complexity index is 337. The molecule has 0 fully saturated rings. The number of aliphatic carboxylic acids is 1. The Hall–Kier alpha value is -1.35. The molecule has 0 aliphatic rings. The largest absolute Gasteiger partial charge is 0.480 e. The molecule has 3 N–H and O–H groups in total. The average molecular weight is 207 g/mol. The Morgan fingerprint density at radius 2 is 2.00 bits per heavy atom. The number of carbonyl (C=O) groups is 1. The van der Waals surface area contributed by atoms with Crippen molar-refractivity contribution in [2.24, 2.45) is 5.73 Å². The molecule has 1 aromatic carbocycles. The molecule has 3 heteroatoms. The number of hydrogen-bond donors (Lipinski definition) is 2. The Balaban J connectivity index is 3.02. The van der Waals surface area contributed by atoms with Gasteiger partial charge < -0.3 is 10.8 Å². The molecule has 2 unspecified atom stereocenters. The van der Waals surface area contributed by atoms with Gasteiger partial charge in [0.2, 0.25) is 0 Å². The van der Waals surface area contributed by atoms with Crippen molar-refractivity contribution in [2.45, 2.75) is 31.7 Å². The summed E-state index contributed by atoms with van der Waals surface area (Å²) in [4.78, 5) is 11.1. The second-order valence-corrected chi connectivity index (χ2v) is 3.83. The third-order valence-corrected chi connectivity index (χ3v) is 3.06. The van der Waals surface area contributed by atoms with Crippen LogP contribution in [0.5, 0.6) is 0 Å². The van der Waals surface area contributed by atoms with Gasteiger partial charge in [-0.2, -0.15) is 0 Å². The van der Waals surface area contributed by atoms with E-state index in [-0.39, 0.29) is 5.92 Å². The Morgan fingerprint density at radius 1 is 1.47 bits per heavy atom. The SMILES string of the molecule is CCC(N)(C(=O)O)C(C)c1ccccc1. The Morgan fingerprint density at radius 3 is 2.40 bits per heavy atom. The summed E-state index contributed by atoms with van der Waals surface area (Å²) < 4.78 is 0. The first-order valence-electron chi connectivity index (χ1n) is 5.09. The lowest BCUT2D eigenvalue weighted by atomic mass is 9.79. The van der Waals surface area contributed by atoms with Gasteiger partial charge >= 0.3 is 5.97 Å². The van der Waals surface area contributed by atoms with Crippen LogP contribution >= 0.6 is 0 Å². The van der Waals surface area contributed by atoms with E-state index < -0.39 is 11.5 Å². The van der Waals surface area contributed by atoms with Crippen LogP contribution < -0.4 is 5.73 Å². The van der Waals surface area contributed by atoms with Crippen molar-refractivity contribution in [3.8, 4) is 0 Å². The highest BCUT2D eigenvalue weighted by atomic mass is 16.4. The summed E-state index contributed by atoms with van der Waals surface area (Å²) in [5, 5.41) is 9.14. The van der Waals surface area contributed by atoms with Crippen LogP contribution in [0, 0.1) is 0 Å². The van der Waals surface area contributed by atoms with Gasteiger partial charge in [-0.05, 0) is 12.0 Å². The van der Waals surface area contributed by atoms with E-state index in [4.69, 9.17) is 10.8 Å². The molecular weight excluding hydrogens is 190 g/mol. The summed E-state index contributed by atoms with van der Waals surface area (Å²) in [6.07, 6.45) is 0.415. The van der Waals surface area contributed by atoms with E-state index in [2.05, 4.69) is 0 Å². The van der Waals surface area contributed by atoms with E-state index in [0.717, 1.165) is 5.56 Å². The van der Waals surface area contributed by atoms with Crippen molar-refractivity contribution >= 4 is 5.97 Å². The summed E-state index contributed by atoms with van der Waals surface area (Å²) in [6.45, 7) is 3.65. The highest BCUT2D eigenvalue weighted by Gasteiger charge is 2.38. The molecule has 82 valence electrons. The molecule has 2 atom stereocenters. The standard InChI is InChI=1S/C12H17NO2/c1-3-12(13,11(14)15)9(2)10-7-5-4-6-8-10/h4-9H,3,13H2,1-2H3,(H,14,15). The number of benzene rings is 1. The van der Waals surface area contributed by atoms with Crippen LogP contribution in [0.2, 0.25) is 0 Å². The molecule has 0 heterocycles. The molecule has 3 nitrogen and oxygen atoms in total. The lowest BCUT2D eigenvalue weighted by Crippen LogP contribution is -2.51. The van der Waals surface area contributed by atoms with Gasteiger partial charge in [0.15, 0.2) is 0 Å². The van der Waals surface area contributed by atoms with E-state index in [1.54, 1.807) is 6.92 Å². The van der Waals surface area contributed by atoms with Gasteiger partial charge in [-0.15, -0.1) is 0 Å². The van der Waals surface area contributed by atoms with E-state index >= 15 is 0 Å². The van der Waals surface area contributed by atoms with E-state index in [0.29, 0.717) is 6.42 Å². The molecular formula is C12H17NO2. The number of rotatable bonds is 4. The average Bonchev–Trinajstić information content (AvgIpc) is 2.28. The maximum atomic E-state index is 11.1. The third-order valence-electron chi connectivity index (χ3n) is 3.06. The lowest BCUT2D eigenvalue weighted by Gasteiger charge is -2.30. The van der Waals surface area contributed by atoms with Gasteiger partial charge in [0, 0.05) is 5.92 Å². The maximum absolute atomic E-state index is 11.1. The Labute approximate surface area is 89.9 Å². The molecule has 0 radical (unpaired) electrons. The van der Waals surface area contributed by atoms with Gasteiger partial charge in [0.1, 0.15) is 5.54 Å². The van der Waals surface area contributed by atoms with Gasteiger partial charge in [0.05, 0.1) is 0 Å². The van der Waals surface area contributed by atoms with Crippen LogP contribution in [-0.4, -0.2) is 16.6 Å². The van der Waals surface area contributed by atoms with Gasteiger partial charge in [-0.25, -0.2) is 0 Å². The molecule has 0 saturated carbocycles. The second kappa shape index (κ2) is 4.45. The first-order chi connectivity index (χ1) is 7.02. The van der Waals surface area contributed by atoms with Gasteiger partial charge in [-0.1, -0.05) is 44.2 Å². The fourth-order valence-electron chi connectivity index (χ4n) is 1.68. The molecule has 0 bridgehead atoms. The van der Waals surface area contributed by atoms with Crippen molar-refractivity contribution in [3.63, 3.8) is 0 Å². The van der Waals surface area contributed by atoms with E-state index in [1.807, 2.05) is 37.3 Å². The number of hydrogen-bond acceptors (Lipinski definition) is 2. The maximum Gasteiger partial charge on any atom is 0.324 e. The molecule has 1 aromatic rings. The molecule has 0 aliphatic heterocycles. The predicted octanol–water partition coefficient (Wildman–Crippen LogP) is 1.98. The summed E-state index contributed by atoms with van der Waals surface area (Å²) in [7, 11) is 0. The van der Waals surface area contributed by atoms with Crippen LogP contribution in [0.15, 0.2) is 30.3 Å². The first kappa shape index (κ1) is 11.7. The van der Waals surface area contributed by atoms with Crippen molar-refractivity contribution < 1.29 is 9.90 Å². The highest BCUT2D eigenvalue weighted by molar-refractivity contribution is 5.80. The number of nitrogens with two attached hydrogens (primary N) is 1. The molecule has 0 spiro atoms. The highest BCUT2D eigenvalue weighted by Crippen LogP contribution is 2.28. The van der Waals surface area contributed by atoms with Crippen LogP contribution in [0.25, 0.3) is 0 Å². The monoisotopic (exact) mass is 207 g/mol. The van der Waals surface area contributed by atoms with Crippen molar-refractivity contribution in [1.29, 1.82) is 0 Å². The van der Waals surface area contributed by atoms with Crippen LogP contribution in [-0.2, 0) is 4.79 Å². The first-order valence-corrected chi connectivity index (χ1v) is 5.09. The second-order valence-electron chi connectivity index (χ2n) is 3.83. The predicted molar refractivity (Wildman–Crippen MR) is 59.7 cm³/mol. The van der Waals surface area contributed by atoms with Crippen LogP contribution in [0.4, 0.5) is 0 Å². The molecule has 1 rings (SSSR count). The fraction of sp³-hybridized carbons (Fsp3) is 0.417. The summed E-state index contributed by atoms with van der Waals surface area (Å²) in [5.41, 5.74) is 5.70. The quantitative estimate of drug-likeness (QED) is 0.793. The normalized spacial score (nSPS) is 16.7. The number of carboxylic acids is 1. The lowest BCUT2D eigenvalue weighted by molar-refractivity contribution is -0.144. The van der Waals surface area contributed by atoms with Gasteiger partial charge in [-0.3, -0.25) is 4.79 Å². The smallest absolute Gasteiger partial charge is 0.324 e. The van der Waals surface area contributed by atoms with Crippen molar-refractivity contribution in [1.82, 2.24) is 0 Å². The molecule has 0 aliphatic carbocycles. The van der Waals surface area contributed by atoms with Crippen LogP contribution in [0.3, 0.4) is 0 Å². The van der Waals surface area contributed by atoms with Crippen molar-refractivity contribution in [2.75, 3.05) is 0 Å². The fourth-order valence-corrected chi connectivity index (χ4v) is 1.68. The Kier molecular flexibility index (Phi) is 3.48. The summed E-state index contributed by atoms with van der Waals surface area (Å²) in [6, 6.07) is 9.50. The summed E-state index contributed by atoms with van der Waals surface area (Å²) in [5.74, 6) is -1.14. The molecule has 0 aromatic heterocycles.